The fourth-order valence-corrected chi connectivity index (χ4v) is 3.63. The fourth-order valence-electron chi connectivity index (χ4n) is 2.85. The normalized spacial score (nSPS) is 14.1. The van der Waals surface area contributed by atoms with E-state index in [0.717, 1.165) is 0 Å². The van der Waals surface area contributed by atoms with Crippen LogP contribution in [0.1, 0.15) is 16.7 Å². The molecule has 0 spiro atoms. The molecule has 1 aliphatic rings. The summed E-state index contributed by atoms with van der Waals surface area (Å²) in [4.78, 5) is 27.4. The summed E-state index contributed by atoms with van der Waals surface area (Å²) in [6.45, 7) is 0.105. The van der Waals surface area contributed by atoms with Crippen LogP contribution >= 0.6 is 35.4 Å². The smallest absolute Gasteiger partial charge is 0.265 e. The van der Waals surface area contributed by atoms with Crippen LogP contribution in [0.4, 0.5) is 0 Å². The molecule has 0 atom stereocenters. The van der Waals surface area contributed by atoms with Crippen molar-refractivity contribution in [2.75, 3.05) is 14.1 Å². The number of amides is 2. The zero-order chi connectivity index (χ0) is 22.0. The lowest BCUT2D eigenvalue weighted by atomic mass is 10.1. The van der Waals surface area contributed by atoms with E-state index in [-0.39, 0.29) is 33.1 Å². The molecule has 9 heteroatoms. The van der Waals surface area contributed by atoms with Gasteiger partial charge in [0, 0.05) is 19.7 Å². The molecule has 0 aliphatic carbocycles. The first-order chi connectivity index (χ1) is 14.2. The van der Waals surface area contributed by atoms with Crippen molar-refractivity contribution in [2.24, 2.45) is 0 Å². The highest BCUT2D eigenvalue weighted by Crippen LogP contribution is 2.36. The van der Waals surface area contributed by atoms with Gasteiger partial charge < -0.3 is 4.74 Å². The molecular formula is C21H15Cl2N3O3S. The minimum absolute atomic E-state index is 0.0580. The van der Waals surface area contributed by atoms with E-state index in [4.69, 9.17) is 40.2 Å². The number of hydrogen-bond acceptors (Lipinski definition) is 5. The lowest BCUT2D eigenvalue weighted by Crippen LogP contribution is -2.52. The highest BCUT2D eigenvalue weighted by atomic mass is 35.5. The number of likely N-dealkylation sites (N-methyl/N-ethyl adjacent to an activating group) is 2. The number of hydrogen-bond donors (Lipinski definition) is 0. The third kappa shape index (κ3) is 4.17. The van der Waals surface area contributed by atoms with Crippen LogP contribution < -0.4 is 4.74 Å². The lowest BCUT2D eigenvalue weighted by molar-refractivity contribution is -0.132. The number of thiocarbonyl (C=S) groups is 1. The van der Waals surface area contributed by atoms with Crippen LogP contribution in [-0.2, 0) is 16.2 Å². The number of ether oxygens (including phenoxy) is 1. The van der Waals surface area contributed by atoms with E-state index in [2.05, 4.69) is 6.07 Å². The zero-order valence-electron chi connectivity index (χ0n) is 16.0. The van der Waals surface area contributed by atoms with Crippen molar-refractivity contribution in [1.82, 2.24) is 9.80 Å². The van der Waals surface area contributed by atoms with Gasteiger partial charge in [0.15, 0.2) is 10.9 Å². The van der Waals surface area contributed by atoms with E-state index in [0.29, 0.717) is 16.7 Å². The van der Waals surface area contributed by atoms with E-state index in [1.807, 2.05) is 0 Å². The first-order valence-corrected chi connectivity index (χ1v) is 9.82. The largest absolute Gasteiger partial charge is 0.486 e. The second-order valence-electron chi connectivity index (χ2n) is 6.44. The molecule has 6 nitrogen and oxygen atoms in total. The molecule has 1 fully saturated rings. The van der Waals surface area contributed by atoms with Crippen LogP contribution in [0.15, 0.2) is 42.0 Å². The summed E-state index contributed by atoms with van der Waals surface area (Å²) in [5, 5.41) is 9.71. The van der Waals surface area contributed by atoms with Gasteiger partial charge in [0.25, 0.3) is 11.8 Å². The van der Waals surface area contributed by atoms with Crippen LogP contribution in [0.5, 0.6) is 5.75 Å². The van der Waals surface area contributed by atoms with E-state index >= 15 is 0 Å². The number of nitriles is 1. The summed E-state index contributed by atoms with van der Waals surface area (Å²) in [6.07, 6.45) is 1.41. The first-order valence-electron chi connectivity index (χ1n) is 8.66. The molecule has 0 N–H and O–H groups in total. The monoisotopic (exact) mass is 459 g/mol. The van der Waals surface area contributed by atoms with Gasteiger partial charge in [-0.15, -0.1) is 0 Å². The Hall–Kier alpha value is -2.92. The Balaban J connectivity index is 1.89. The molecule has 0 bridgehead atoms. The summed E-state index contributed by atoms with van der Waals surface area (Å²) in [6, 6.07) is 12.2. The Kier molecular flexibility index (Phi) is 6.42. The minimum Gasteiger partial charge on any atom is -0.486 e. The molecule has 0 radical (unpaired) electrons. The number of halogens is 2. The van der Waals surface area contributed by atoms with Crippen molar-refractivity contribution >= 4 is 58.4 Å². The predicted octanol–water partition coefficient (Wildman–Crippen LogP) is 4.04. The van der Waals surface area contributed by atoms with E-state index in [9.17, 15) is 14.9 Å². The highest BCUT2D eigenvalue weighted by Gasteiger charge is 2.35. The zero-order valence-corrected chi connectivity index (χ0v) is 18.3. The van der Waals surface area contributed by atoms with Crippen LogP contribution in [0, 0.1) is 11.3 Å². The molecule has 0 aromatic heterocycles. The summed E-state index contributed by atoms with van der Waals surface area (Å²) in [5.41, 5.74) is 1.59. The van der Waals surface area contributed by atoms with Crippen LogP contribution in [0.3, 0.4) is 0 Å². The van der Waals surface area contributed by atoms with Gasteiger partial charge in [-0.2, -0.15) is 5.26 Å². The Morgan fingerprint density at radius 2 is 1.67 bits per heavy atom. The summed E-state index contributed by atoms with van der Waals surface area (Å²) in [5.74, 6) is -0.780. The maximum absolute atomic E-state index is 12.5. The maximum Gasteiger partial charge on any atom is 0.265 e. The van der Waals surface area contributed by atoms with E-state index in [1.165, 1.54) is 30.0 Å². The molecule has 0 saturated carbocycles. The molecule has 1 heterocycles. The van der Waals surface area contributed by atoms with Crippen molar-refractivity contribution in [3.63, 3.8) is 0 Å². The average Bonchev–Trinajstić information content (AvgIpc) is 2.73. The van der Waals surface area contributed by atoms with E-state index in [1.54, 1.807) is 36.4 Å². The number of rotatable bonds is 4. The van der Waals surface area contributed by atoms with Gasteiger partial charge in [0.05, 0.1) is 21.7 Å². The van der Waals surface area contributed by atoms with Gasteiger partial charge in [-0.25, -0.2) is 0 Å². The molecule has 30 heavy (non-hydrogen) atoms. The quantitative estimate of drug-likeness (QED) is 0.391. The van der Waals surface area contributed by atoms with Crippen molar-refractivity contribution in [3.8, 4) is 11.8 Å². The third-order valence-electron chi connectivity index (χ3n) is 4.49. The predicted molar refractivity (Wildman–Crippen MR) is 118 cm³/mol. The molecular weight excluding hydrogens is 445 g/mol. The van der Waals surface area contributed by atoms with Crippen LogP contribution in [0.2, 0.25) is 10.0 Å². The number of benzene rings is 2. The molecule has 152 valence electrons. The molecule has 3 rings (SSSR count). The van der Waals surface area contributed by atoms with Crippen molar-refractivity contribution < 1.29 is 14.3 Å². The van der Waals surface area contributed by atoms with Gasteiger partial charge >= 0.3 is 0 Å². The van der Waals surface area contributed by atoms with Gasteiger partial charge in [-0.1, -0.05) is 41.4 Å². The van der Waals surface area contributed by atoms with Crippen LogP contribution in [-0.4, -0.2) is 40.8 Å². The SMILES string of the molecule is CN1C(=O)C(=Cc2cc(Cl)c(OCc3ccccc3C#N)c(Cl)c2)C(=O)N(C)C1=S. The molecule has 1 aliphatic heterocycles. The van der Waals surface area contributed by atoms with Gasteiger partial charge in [0.1, 0.15) is 12.2 Å². The minimum atomic E-state index is -0.510. The third-order valence-corrected chi connectivity index (χ3v) is 5.59. The topological polar surface area (TPSA) is 73.6 Å². The Morgan fingerprint density at radius 1 is 1.10 bits per heavy atom. The molecule has 0 unspecified atom stereocenters. The van der Waals surface area contributed by atoms with E-state index < -0.39 is 11.8 Å². The van der Waals surface area contributed by atoms with Crippen LogP contribution in [0.25, 0.3) is 6.08 Å². The Labute approximate surface area is 188 Å². The highest BCUT2D eigenvalue weighted by molar-refractivity contribution is 7.80. The van der Waals surface area contributed by atoms with Gasteiger partial charge in [0.2, 0.25) is 0 Å². The summed E-state index contributed by atoms with van der Waals surface area (Å²) in [7, 11) is 2.99. The molecule has 2 aromatic rings. The van der Waals surface area contributed by atoms with Gasteiger partial charge in [-0.05, 0) is 42.1 Å². The summed E-state index contributed by atoms with van der Waals surface area (Å²) >= 11 is 17.7. The molecule has 1 saturated heterocycles. The molecule has 2 amide bonds. The van der Waals surface area contributed by atoms with Crippen molar-refractivity contribution in [1.29, 1.82) is 5.26 Å². The maximum atomic E-state index is 12.5. The fraction of sp³-hybridized carbons (Fsp3) is 0.143. The summed E-state index contributed by atoms with van der Waals surface area (Å²) < 4.78 is 5.73. The standard InChI is InChI=1S/C21H15Cl2N3O3S/c1-25-19(27)15(20(28)26(2)21(25)30)7-12-8-16(22)18(17(23)9-12)29-11-14-6-4-3-5-13(14)10-24/h3-9H,11H2,1-2H3. The number of nitrogens with zero attached hydrogens (tertiary/aromatic N) is 3. The number of carbonyl (C=O) groups excluding carboxylic acids is 2. The average molecular weight is 460 g/mol. The number of carbonyl (C=O) groups is 2. The van der Waals surface area contributed by atoms with Gasteiger partial charge in [-0.3, -0.25) is 19.4 Å². The lowest BCUT2D eigenvalue weighted by Gasteiger charge is -2.31. The first kappa shape index (κ1) is 21.8. The molecule has 2 aromatic carbocycles. The van der Waals surface area contributed by atoms with Crippen molar-refractivity contribution in [3.05, 3.63) is 68.7 Å². The second-order valence-corrected chi connectivity index (χ2v) is 7.62. The Bertz CT molecular complexity index is 1090. The second kappa shape index (κ2) is 8.84. The van der Waals surface area contributed by atoms with Crippen molar-refractivity contribution in [2.45, 2.75) is 6.61 Å². The Morgan fingerprint density at radius 3 is 2.23 bits per heavy atom.